The van der Waals surface area contributed by atoms with Crippen LogP contribution in [0.4, 0.5) is 0 Å². The maximum atomic E-state index is 4.27. The lowest BCUT2D eigenvalue weighted by Gasteiger charge is -2.15. The average Bonchev–Trinajstić information content (AvgIpc) is 3.16. The van der Waals surface area contributed by atoms with Gasteiger partial charge in [-0.05, 0) is 32.3 Å². The maximum absolute atomic E-state index is 4.27. The van der Waals surface area contributed by atoms with E-state index in [-0.39, 0.29) is 0 Å². The fraction of sp³-hybridized carbons (Fsp3) is 0.438. The fourth-order valence-electron chi connectivity index (χ4n) is 2.38. The van der Waals surface area contributed by atoms with Gasteiger partial charge in [-0.1, -0.05) is 29.8 Å². The molecule has 100 valence electrons. The molecule has 3 rings (SSSR count). The molecule has 1 fully saturated rings. The minimum absolute atomic E-state index is 0.364. The summed E-state index contributed by atoms with van der Waals surface area (Å²) >= 11 is 0. The zero-order valence-electron chi connectivity index (χ0n) is 11.6. The fourth-order valence-corrected chi connectivity index (χ4v) is 2.38. The first-order valence-electron chi connectivity index (χ1n) is 7.04. The van der Waals surface area contributed by atoms with Gasteiger partial charge in [0.25, 0.3) is 0 Å². The summed E-state index contributed by atoms with van der Waals surface area (Å²) in [6.07, 6.45) is 6.55. The first-order chi connectivity index (χ1) is 9.24. The Balaban J connectivity index is 1.62. The van der Waals surface area contributed by atoms with E-state index in [0.29, 0.717) is 12.1 Å². The minimum Gasteiger partial charge on any atom is -0.330 e. The second-order valence-electron chi connectivity index (χ2n) is 5.54. The molecular weight excluding hydrogens is 234 g/mol. The van der Waals surface area contributed by atoms with Crippen molar-refractivity contribution in [3.8, 4) is 0 Å². The lowest BCUT2D eigenvalue weighted by Crippen LogP contribution is -2.19. The number of rotatable bonds is 5. The first-order valence-corrected chi connectivity index (χ1v) is 7.04. The van der Waals surface area contributed by atoms with Crippen LogP contribution in [-0.4, -0.2) is 9.55 Å². The predicted molar refractivity (Wildman–Crippen MR) is 76.9 cm³/mol. The highest BCUT2D eigenvalue weighted by molar-refractivity contribution is 5.23. The Morgan fingerprint density at radius 1 is 1.32 bits per heavy atom. The highest BCUT2D eigenvalue weighted by atomic mass is 15.1. The molecule has 1 aromatic carbocycles. The number of aromatic nitrogens is 2. The van der Waals surface area contributed by atoms with E-state index in [1.807, 2.05) is 12.5 Å². The van der Waals surface area contributed by atoms with Crippen LogP contribution in [0.2, 0.25) is 0 Å². The quantitative estimate of drug-likeness (QED) is 0.887. The Morgan fingerprint density at radius 2 is 2.05 bits per heavy atom. The Morgan fingerprint density at radius 3 is 2.74 bits per heavy atom. The van der Waals surface area contributed by atoms with Gasteiger partial charge in [-0.25, -0.2) is 4.98 Å². The number of nitrogens with one attached hydrogen (secondary N) is 1. The largest absolute Gasteiger partial charge is 0.330 e. The molecule has 1 heterocycles. The lowest BCUT2D eigenvalue weighted by atomic mass is 10.1. The van der Waals surface area contributed by atoms with E-state index in [2.05, 4.69) is 53.0 Å². The predicted octanol–water partition coefficient (Wildman–Crippen LogP) is 3.38. The zero-order chi connectivity index (χ0) is 13.2. The van der Waals surface area contributed by atoms with E-state index >= 15 is 0 Å². The normalized spacial score (nSPS) is 16.5. The molecule has 3 heteroatoms. The molecule has 0 unspecified atom stereocenters. The number of benzene rings is 1. The first kappa shape index (κ1) is 12.4. The summed E-state index contributed by atoms with van der Waals surface area (Å²) in [5.74, 6) is 0. The second-order valence-corrected chi connectivity index (χ2v) is 5.54. The van der Waals surface area contributed by atoms with Crippen molar-refractivity contribution in [3.05, 3.63) is 53.6 Å². The molecular formula is C16H21N3. The maximum Gasteiger partial charge on any atom is 0.0951 e. The summed E-state index contributed by atoms with van der Waals surface area (Å²) in [7, 11) is 0. The summed E-state index contributed by atoms with van der Waals surface area (Å²) in [5, 5.41) is 3.58. The molecule has 1 aromatic heterocycles. The van der Waals surface area contributed by atoms with Gasteiger partial charge >= 0.3 is 0 Å². The van der Waals surface area contributed by atoms with E-state index in [9.17, 15) is 0 Å². The second kappa shape index (κ2) is 5.17. The van der Waals surface area contributed by atoms with Gasteiger partial charge in [-0.2, -0.15) is 0 Å². The van der Waals surface area contributed by atoms with Gasteiger partial charge in [0.05, 0.1) is 12.0 Å². The molecule has 0 saturated heterocycles. The Bertz CT molecular complexity index is 537. The molecule has 2 aromatic rings. The lowest BCUT2D eigenvalue weighted by molar-refractivity contribution is 0.547. The molecule has 0 spiro atoms. The third kappa shape index (κ3) is 2.87. The van der Waals surface area contributed by atoms with Gasteiger partial charge in [0, 0.05) is 24.8 Å². The molecule has 1 N–H and O–H groups in total. The van der Waals surface area contributed by atoms with Crippen molar-refractivity contribution in [3.63, 3.8) is 0 Å². The molecule has 3 nitrogen and oxygen atoms in total. The molecule has 1 saturated carbocycles. The third-order valence-electron chi connectivity index (χ3n) is 3.85. The van der Waals surface area contributed by atoms with Crippen molar-refractivity contribution in [2.24, 2.45) is 0 Å². The molecule has 0 radical (unpaired) electrons. The highest BCUT2D eigenvalue weighted by Crippen LogP contribution is 2.35. The van der Waals surface area contributed by atoms with Crippen molar-refractivity contribution in [1.82, 2.24) is 14.9 Å². The van der Waals surface area contributed by atoms with Crippen molar-refractivity contribution in [1.29, 1.82) is 0 Å². The van der Waals surface area contributed by atoms with Crippen LogP contribution < -0.4 is 5.32 Å². The van der Waals surface area contributed by atoms with Crippen LogP contribution in [0.5, 0.6) is 0 Å². The number of hydrogen-bond acceptors (Lipinski definition) is 2. The van der Waals surface area contributed by atoms with Crippen LogP contribution in [0.1, 0.15) is 48.7 Å². The van der Waals surface area contributed by atoms with Crippen molar-refractivity contribution in [2.75, 3.05) is 0 Å². The summed E-state index contributed by atoms with van der Waals surface area (Å²) in [5.41, 5.74) is 3.94. The van der Waals surface area contributed by atoms with E-state index in [1.54, 1.807) is 0 Å². The van der Waals surface area contributed by atoms with Crippen LogP contribution in [0.3, 0.4) is 0 Å². The molecule has 0 bridgehead atoms. The van der Waals surface area contributed by atoms with E-state index in [4.69, 9.17) is 0 Å². The number of hydrogen-bond donors (Lipinski definition) is 1. The average molecular weight is 255 g/mol. The van der Waals surface area contributed by atoms with Gasteiger partial charge < -0.3 is 9.88 Å². The van der Waals surface area contributed by atoms with Gasteiger partial charge in [-0.15, -0.1) is 0 Å². The number of aryl methyl sites for hydroxylation is 1. The van der Waals surface area contributed by atoms with Crippen molar-refractivity contribution < 1.29 is 0 Å². The Labute approximate surface area is 114 Å². The third-order valence-corrected chi connectivity index (χ3v) is 3.85. The number of nitrogens with zero attached hydrogens (tertiary/aromatic N) is 2. The highest BCUT2D eigenvalue weighted by Gasteiger charge is 2.25. The molecule has 0 aliphatic heterocycles. The minimum atomic E-state index is 0.364. The van der Waals surface area contributed by atoms with Crippen LogP contribution >= 0.6 is 0 Å². The molecule has 19 heavy (non-hydrogen) atoms. The van der Waals surface area contributed by atoms with E-state index < -0.39 is 0 Å². The Hall–Kier alpha value is -1.61. The van der Waals surface area contributed by atoms with Gasteiger partial charge in [-0.3, -0.25) is 0 Å². The standard InChI is InChI=1S/C16H21N3/c1-12-3-5-14(6-4-12)13(2)18-10-16-9-17-11-19(16)15-7-8-15/h3-6,9,11,13,15,18H,7-8,10H2,1-2H3/t13-/m0/s1. The van der Waals surface area contributed by atoms with Gasteiger partial charge in [0.15, 0.2) is 0 Å². The van der Waals surface area contributed by atoms with Crippen LogP contribution in [0.25, 0.3) is 0 Å². The summed E-state index contributed by atoms with van der Waals surface area (Å²) in [6, 6.07) is 9.80. The smallest absolute Gasteiger partial charge is 0.0951 e. The molecule has 1 atom stereocenters. The molecule has 1 aliphatic carbocycles. The van der Waals surface area contributed by atoms with Gasteiger partial charge in [0.1, 0.15) is 0 Å². The van der Waals surface area contributed by atoms with E-state index in [1.165, 1.54) is 29.7 Å². The molecule has 1 aliphatic rings. The summed E-state index contributed by atoms with van der Waals surface area (Å²) < 4.78 is 2.31. The summed E-state index contributed by atoms with van der Waals surface area (Å²) in [4.78, 5) is 4.27. The number of imidazole rings is 1. The van der Waals surface area contributed by atoms with Crippen molar-refractivity contribution >= 4 is 0 Å². The Kier molecular flexibility index (Phi) is 3.38. The van der Waals surface area contributed by atoms with Crippen molar-refractivity contribution in [2.45, 2.75) is 45.3 Å². The van der Waals surface area contributed by atoms with Crippen LogP contribution in [0.15, 0.2) is 36.8 Å². The monoisotopic (exact) mass is 255 g/mol. The van der Waals surface area contributed by atoms with E-state index in [0.717, 1.165) is 6.54 Å². The SMILES string of the molecule is Cc1ccc([C@H](C)NCc2cncn2C2CC2)cc1. The topological polar surface area (TPSA) is 29.9 Å². The van der Waals surface area contributed by atoms with Crippen LogP contribution in [0, 0.1) is 6.92 Å². The summed E-state index contributed by atoms with van der Waals surface area (Å²) in [6.45, 7) is 5.21. The van der Waals surface area contributed by atoms with Crippen LogP contribution in [-0.2, 0) is 6.54 Å². The molecule has 0 amide bonds. The zero-order valence-corrected chi connectivity index (χ0v) is 11.6. The van der Waals surface area contributed by atoms with Gasteiger partial charge in [0.2, 0.25) is 0 Å².